The molecule has 1 heterocycles. The molecule has 1 unspecified atom stereocenters. The third-order valence-corrected chi connectivity index (χ3v) is 1.52. The van der Waals surface area contributed by atoms with Crippen molar-refractivity contribution in [2.45, 2.75) is 12.5 Å². The molecule has 0 spiro atoms. The number of ketones is 1. The van der Waals surface area contributed by atoms with Crippen molar-refractivity contribution in [3.05, 3.63) is 24.3 Å². The van der Waals surface area contributed by atoms with Crippen LogP contribution in [0.2, 0.25) is 0 Å². The van der Waals surface area contributed by atoms with Crippen LogP contribution in [0.15, 0.2) is 18.7 Å². The molecule has 0 aliphatic carbocycles. The third-order valence-electron chi connectivity index (χ3n) is 1.52. The Morgan fingerprint density at radius 1 is 1.62 bits per heavy atom. The molecule has 0 fully saturated rings. The van der Waals surface area contributed by atoms with E-state index in [9.17, 15) is 4.79 Å². The van der Waals surface area contributed by atoms with E-state index in [-0.39, 0.29) is 12.2 Å². The monoisotopic (exact) mass is 175 g/mol. The third kappa shape index (κ3) is 2.36. The molecule has 0 aliphatic rings. The fourth-order valence-electron chi connectivity index (χ4n) is 0.860. The number of aromatic nitrogens is 2. The summed E-state index contributed by atoms with van der Waals surface area (Å²) in [6.45, 7) is 0. The van der Waals surface area contributed by atoms with Gasteiger partial charge in [0.1, 0.15) is 6.33 Å². The lowest BCUT2D eigenvalue weighted by atomic mass is 10.1. The Morgan fingerprint density at radius 3 is 2.77 bits per heavy atom. The topological polar surface area (TPSA) is 68.9 Å². The standard InChI is InChI=1S/C9H9N3O/c1-2-3-8(10)9(13)7-4-11-6-12-5-7/h1,4-6,8H,3,10H2. The molecule has 0 bridgehead atoms. The normalized spacial score (nSPS) is 11.7. The zero-order chi connectivity index (χ0) is 9.68. The zero-order valence-corrected chi connectivity index (χ0v) is 6.97. The lowest BCUT2D eigenvalue weighted by molar-refractivity contribution is 0.0962. The first-order valence-electron chi connectivity index (χ1n) is 3.74. The summed E-state index contributed by atoms with van der Waals surface area (Å²) in [6.07, 6.45) is 9.46. The van der Waals surface area contributed by atoms with Crippen molar-refractivity contribution in [2.24, 2.45) is 5.73 Å². The predicted molar refractivity (Wildman–Crippen MR) is 47.8 cm³/mol. The highest BCUT2D eigenvalue weighted by Crippen LogP contribution is 2.00. The first-order valence-corrected chi connectivity index (χ1v) is 3.74. The molecule has 1 rings (SSSR count). The number of nitrogens with zero attached hydrogens (tertiary/aromatic N) is 2. The van der Waals surface area contributed by atoms with Crippen molar-refractivity contribution >= 4 is 5.78 Å². The quantitative estimate of drug-likeness (QED) is 0.519. The van der Waals surface area contributed by atoms with Gasteiger partial charge in [-0.15, -0.1) is 12.3 Å². The number of nitrogens with two attached hydrogens (primary N) is 1. The summed E-state index contributed by atoms with van der Waals surface area (Å²) in [5, 5.41) is 0. The first-order chi connectivity index (χ1) is 6.25. The second kappa shape index (κ2) is 4.33. The van der Waals surface area contributed by atoms with Crippen molar-refractivity contribution in [2.75, 3.05) is 0 Å². The minimum atomic E-state index is -0.656. The number of Topliss-reactive ketones (excluding diaryl/α,β-unsaturated/α-hetero) is 1. The summed E-state index contributed by atoms with van der Waals surface area (Å²) in [4.78, 5) is 18.9. The number of hydrogen-bond donors (Lipinski definition) is 1. The summed E-state index contributed by atoms with van der Waals surface area (Å²) in [5.41, 5.74) is 5.91. The van der Waals surface area contributed by atoms with Gasteiger partial charge in [0.15, 0.2) is 5.78 Å². The Hall–Kier alpha value is -1.73. The van der Waals surface area contributed by atoms with Crippen LogP contribution < -0.4 is 5.73 Å². The van der Waals surface area contributed by atoms with E-state index in [1.54, 1.807) is 0 Å². The van der Waals surface area contributed by atoms with Crippen LogP contribution in [0.5, 0.6) is 0 Å². The lowest BCUT2D eigenvalue weighted by Gasteiger charge is -2.05. The largest absolute Gasteiger partial charge is 0.320 e. The number of hydrogen-bond acceptors (Lipinski definition) is 4. The van der Waals surface area contributed by atoms with E-state index in [2.05, 4.69) is 15.9 Å². The van der Waals surface area contributed by atoms with Gasteiger partial charge in [0.25, 0.3) is 0 Å². The highest BCUT2D eigenvalue weighted by molar-refractivity contribution is 5.99. The van der Waals surface area contributed by atoms with Crippen molar-refractivity contribution in [3.8, 4) is 12.3 Å². The smallest absolute Gasteiger partial charge is 0.183 e. The van der Waals surface area contributed by atoms with Crippen LogP contribution in [0.25, 0.3) is 0 Å². The fraction of sp³-hybridized carbons (Fsp3) is 0.222. The summed E-state index contributed by atoms with van der Waals surface area (Å²) >= 11 is 0. The SMILES string of the molecule is C#CCC(N)C(=O)c1cncnc1. The van der Waals surface area contributed by atoms with Crippen LogP contribution in [0.4, 0.5) is 0 Å². The van der Waals surface area contributed by atoms with Crippen LogP contribution in [0.1, 0.15) is 16.8 Å². The molecule has 4 heteroatoms. The van der Waals surface area contributed by atoms with E-state index in [0.717, 1.165) is 0 Å². The molecule has 4 nitrogen and oxygen atoms in total. The maximum Gasteiger partial charge on any atom is 0.183 e. The van der Waals surface area contributed by atoms with E-state index in [1.165, 1.54) is 18.7 Å². The van der Waals surface area contributed by atoms with Crippen LogP contribution in [0.3, 0.4) is 0 Å². The molecule has 0 aliphatic heterocycles. The van der Waals surface area contributed by atoms with Crippen molar-refractivity contribution < 1.29 is 4.79 Å². The molecule has 13 heavy (non-hydrogen) atoms. The van der Waals surface area contributed by atoms with Gasteiger partial charge in [-0.1, -0.05) is 0 Å². The van der Waals surface area contributed by atoms with Crippen LogP contribution in [-0.2, 0) is 0 Å². The Balaban J connectivity index is 2.75. The number of rotatable bonds is 3. The van der Waals surface area contributed by atoms with Gasteiger partial charge < -0.3 is 5.73 Å². The Kier molecular flexibility index (Phi) is 3.12. The van der Waals surface area contributed by atoms with Crippen molar-refractivity contribution in [1.29, 1.82) is 0 Å². The summed E-state index contributed by atoms with van der Waals surface area (Å²) in [6, 6.07) is -0.656. The molecule has 0 saturated carbocycles. The van der Waals surface area contributed by atoms with Gasteiger partial charge in [-0.25, -0.2) is 9.97 Å². The molecule has 2 N–H and O–H groups in total. The highest BCUT2D eigenvalue weighted by atomic mass is 16.1. The Bertz CT molecular complexity index is 328. The van der Waals surface area contributed by atoms with Gasteiger partial charge in [0.05, 0.1) is 11.6 Å². The minimum Gasteiger partial charge on any atom is -0.320 e. The predicted octanol–water partition coefficient (Wildman–Crippen LogP) is 0.00990. The lowest BCUT2D eigenvalue weighted by Crippen LogP contribution is -2.30. The summed E-state index contributed by atoms with van der Waals surface area (Å²) < 4.78 is 0. The second-order valence-corrected chi connectivity index (χ2v) is 2.51. The molecule has 66 valence electrons. The number of carbonyl (C=O) groups excluding carboxylic acids is 1. The molecule has 0 saturated heterocycles. The maximum absolute atomic E-state index is 11.4. The van der Waals surface area contributed by atoms with Crippen molar-refractivity contribution in [3.63, 3.8) is 0 Å². The molecule has 1 atom stereocenters. The Morgan fingerprint density at radius 2 is 2.23 bits per heavy atom. The first kappa shape index (κ1) is 9.36. The van der Waals surface area contributed by atoms with Gasteiger partial charge in [-0.2, -0.15) is 0 Å². The Labute approximate surface area is 76.2 Å². The van der Waals surface area contributed by atoms with Gasteiger partial charge in [0.2, 0.25) is 0 Å². The molecular weight excluding hydrogens is 166 g/mol. The molecule has 0 amide bonds. The summed E-state index contributed by atoms with van der Waals surface area (Å²) in [7, 11) is 0. The highest BCUT2D eigenvalue weighted by Gasteiger charge is 2.14. The molecule has 0 radical (unpaired) electrons. The summed E-state index contributed by atoms with van der Waals surface area (Å²) in [5.74, 6) is 2.11. The van der Waals surface area contributed by atoms with E-state index in [0.29, 0.717) is 5.56 Å². The molecule has 0 aromatic carbocycles. The minimum absolute atomic E-state index is 0.224. The molecular formula is C9H9N3O. The van der Waals surface area contributed by atoms with Crippen LogP contribution >= 0.6 is 0 Å². The van der Waals surface area contributed by atoms with E-state index < -0.39 is 6.04 Å². The number of terminal acetylenes is 1. The van der Waals surface area contributed by atoms with E-state index in [4.69, 9.17) is 12.2 Å². The zero-order valence-electron chi connectivity index (χ0n) is 6.97. The van der Waals surface area contributed by atoms with Gasteiger partial charge in [0, 0.05) is 18.8 Å². The van der Waals surface area contributed by atoms with E-state index in [1.807, 2.05) is 0 Å². The average Bonchev–Trinajstić information content (AvgIpc) is 2.18. The average molecular weight is 175 g/mol. The molecule has 1 aromatic heterocycles. The maximum atomic E-state index is 11.4. The fourth-order valence-corrected chi connectivity index (χ4v) is 0.860. The van der Waals surface area contributed by atoms with Gasteiger partial charge in [-0.3, -0.25) is 4.79 Å². The molecule has 1 aromatic rings. The van der Waals surface area contributed by atoms with Crippen molar-refractivity contribution in [1.82, 2.24) is 9.97 Å². The second-order valence-electron chi connectivity index (χ2n) is 2.51. The van der Waals surface area contributed by atoms with Gasteiger partial charge >= 0.3 is 0 Å². The van der Waals surface area contributed by atoms with Crippen LogP contribution in [-0.4, -0.2) is 21.8 Å². The van der Waals surface area contributed by atoms with E-state index >= 15 is 0 Å². The van der Waals surface area contributed by atoms with Gasteiger partial charge in [-0.05, 0) is 0 Å². The van der Waals surface area contributed by atoms with Crippen LogP contribution in [0, 0.1) is 12.3 Å². The number of carbonyl (C=O) groups is 1.